The van der Waals surface area contributed by atoms with Crippen LogP contribution in [0.15, 0.2) is 12.3 Å². The van der Waals surface area contributed by atoms with Gasteiger partial charge in [-0.3, -0.25) is 4.79 Å². The zero-order valence-corrected chi connectivity index (χ0v) is 10.8. The van der Waals surface area contributed by atoms with E-state index in [0.717, 1.165) is 6.42 Å². The van der Waals surface area contributed by atoms with Gasteiger partial charge in [0, 0.05) is 19.5 Å². The molecule has 1 aromatic rings. The Kier molecular flexibility index (Phi) is 5.59. The number of hydrogen-bond donors (Lipinski definition) is 4. The minimum absolute atomic E-state index is 0.00559. The number of anilines is 2. The zero-order chi connectivity index (χ0) is 14.3. The third-order valence-corrected chi connectivity index (χ3v) is 2.36. The van der Waals surface area contributed by atoms with Gasteiger partial charge in [-0.05, 0) is 12.5 Å². The standard InChI is InChI=1S/C12H18N4O3/c1-2-4-14-10(17)3-5-15-11-9(12(18)19)6-8(13)7-16-11/h6-7H,2-5,13H2,1H3,(H,14,17)(H,15,16)(H,18,19). The number of nitrogens with two attached hydrogens (primary N) is 1. The van der Waals surface area contributed by atoms with Crippen molar-refractivity contribution >= 4 is 23.4 Å². The molecule has 0 saturated carbocycles. The molecule has 104 valence electrons. The second-order valence-electron chi connectivity index (χ2n) is 4.00. The van der Waals surface area contributed by atoms with Gasteiger partial charge in [-0.25, -0.2) is 9.78 Å². The molecule has 0 unspecified atom stereocenters. The smallest absolute Gasteiger partial charge is 0.339 e. The molecule has 0 fully saturated rings. The maximum atomic E-state index is 11.4. The lowest BCUT2D eigenvalue weighted by Crippen LogP contribution is -2.26. The van der Waals surface area contributed by atoms with Gasteiger partial charge in [-0.2, -0.15) is 0 Å². The molecule has 7 heteroatoms. The molecular weight excluding hydrogens is 248 g/mol. The summed E-state index contributed by atoms with van der Waals surface area (Å²) in [5.41, 5.74) is 5.75. The molecule has 0 aromatic carbocycles. The number of aromatic carboxylic acids is 1. The Morgan fingerprint density at radius 1 is 1.42 bits per heavy atom. The van der Waals surface area contributed by atoms with Crippen molar-refractivity contribution in [2.24, 2.45) is 0 Å². The fraction of sp³-hybridized carbons (Fsp3) is 0.417. The molecule has 0 aliphatic rings. The largest absolute Gasteiger partial charge is 0.478 e. The number of carbonyl (C=O) groups is 2. The number of hydrogen-bond acceptors (Lipinski definition) is 5. The van der Waals surface area contributed by atoms with E-state index in [0.29, 0.717) is 13.1 Å². The van der Waals surface area contributed by atoms with Crippen LogP contribution in [0.2, 0.25) is 0 Å². The van der Waals surface area contributed by atoms with Crippen molar-refractivity contribution in [3.63, 3.8) is 0 Å². The van der Waals surface area contributed by atoms with Crippen LogP contribution in [-0.4, -0.2) is 35.1 Å². The van der Waals surface area contributed by atoms with E-state index < -0.39 is 5.97 Å². The van der Waals surface area contributed by atoms with Gasteiger partial charge in [0.2, 0.25) is 5.91 Å². The van der Waals surface area contributed by atoms with E-state index in [1.54, 1.807) is 0 Å². The summed E-state index contributed by atoms with van der Waals surface area (Å²) in [5, 5.41) is 14.6. The Hall–Kier alpha value is -2.31. The summed E-state index contributed by atoms with van der Waals surface area (Å²) < 4.78 is 0. The lowest BCUT2D eigenvalue weighted by atomic mass is 10.2. The molecule has 5 N–H and O–H groups in total. The molecule has 1 amide bonds. The maximum Gasteiger partial charge on any atom is 0.339 e. The number of aromatic nitrogens is 1. The van der Waals surface area contributed by atoms with Crippen molar-refractivity contribution in [3.05, 3.63) is 17.8 Å². The third-order valence-electron chi connectivity index (χ3n) is 2.36. The van der Waals surface area contributed by atoms with Crippen molar-refractivity contribution in [3.8, 4) is 0 Å². The lowest BCUT2D eigenvalue weighted by molar-refractivity contribution is -0.120. The summed E-state index contributed by atoms with van der Waals surface area (Å²) in [5.74, 6) is -0.982. The van der Waals surface area contributed by atoms with Crippen molar-refractivity contribution in [2.75, 3.05) is 24.1 Å². The summed E-state index contributed by atoms with van der Waals surface area (Å²) in [6.45, 7) is 2.92. The predicted octanol–water partition coefficient (Wildman–Crippen LogP) is 0.690. The van der Waals surface area contributed by atoms with E-state index in [2.05, 4.69) is 15.6 Å². The average molecular weight is 266 g/mol. The summed E-state index contributed by atoms with van der Waals surface area (Å²) in [7, 11) is 0. The number of carboxylic acids is 1. The summed E-state index contributed by atoms with van der Waals surface area (Å²) in [4.78, 5) is 26.3. The van der Waals surface area contributed by atoms with Crippen molar-refractivity contribution < 1.29 is 14.7 Å². The van der Waals surface area contributed by atoms with Crippen LogP contribution in [0.5, 0.6) is 0 Å². The highest BCUT2D eigenvalue weighted by atomic mass is 16.4. The highest BCUT2D eigenvalue weighted by Gasteiger charge is 2.12. The van der Waals surface area contributed by atoms with Gasteiger partial charge in [0.15, 0.2) is 0 Å². The van der Waals surface area contributed by atoms with Crippen LogP contribution < -0.4 is 16.4 Å². The molecule has 0 spiro atoms. The van der Waals surface area contributed by atoms with Crippen molar-refractivity contribution in [2.45, 2.75) is 19.8 Å². The molecule has 1 heterocycles. The summed E-state index contributed by atoms with van der Waals surface area (Å²) in [6.07, 6.45) is 2.50. The second kappa shape index (κ2) is 7.20. The second-order valence-corrected chi connectivity index (χ2v) is 4.00. The Bertz CT molecular complexity index is 462. The van der Waals surface area contributed by atoms with Crippen LogP contribution in [0, 0.1) is 0 Å². The first-order valence-electron chi connectivity index (χ1n) is 6.04. The van der Waals surface area contributed by atoms with Crippen molar-refractivity contribution in [1.82, 2.24) is 10.3 Å². The molecule has 0 radical (unpaired) electrons. The van der Waals surface area contributed by atoms with Gasteiger partial charge < -0.3 is 21.5 Å². The molecule has 0 atom stereocenters. The van der Waals surface area contributed by atoms with E-state index in [9.17, 15) is 9.59 Å². The Balaban J connectivity index is 2.53. The van der Waals surface area contributed by atoms with Gasteiger partial charge >= 0.3 is 5.97 Å². The summed E-state index contributed by atoms with van der Waals surface area (Å²) in [6, 6.07) is 1.33. The number of carbonyl (C=O) groups excluding carboxylic acids is 1. The molecule has 1 aromatic heterocycles. The van der Waals surface area contributed by atoms with Crippen molar-refractivity contribution in [1.29, 1.82) is 0 Å². The molecular formula is C12H18N4O3. The van der Waals surface area contributed by atoms with Crippen LogP contribution in [0.1, 0.15) is 30.1 Å². The van der Waals surface area contributed by atoms with Gasteiger partial charge in [0.25, 0.3) is 0 Å². The SMILES string of the molecule is CCCNC(=O)CCNc1ncc(N)cc1C(=O)O. The lowest BCUT2D eigenvalue weighted by Gasteiger charge is -2.09. The Morgan fingerprint density at radius 2 is 2.16 bits per heavy atom. The molecule has 0 aliphatic carbocycles. The maximum absolute atomic E-state index is 11.4. The average Bonchev–Trinajstić information content (AvgIpc) is 2.37. The van der Waals surface area contributed by atoms with Crippen LogP contribution in [-0.2, 0) is 4.79 Å². The number of amides is 1. The van der Waals surface area contributed by atoms with E-state index in [1.165, 1.54) is 12.3 Å². The Morgan fingerprint density at radius 3 is 2.79 bits per heavy atom. The van der Waals surface area contributed by atoms with Gasteiger partial charge in [-0.15, -0.1) is 0 Å². The number of carboxylic acid groups (broad SMARTS) is 1. The fourth-order valence-corrected chi connectivity index (χ4v) is 1.43. The first-order valence-corrected chi connectivity index (χ1v) is 6.04. The summed E-state index contributed by atoms with van der Waals surface area (Å²) >= 11 is 0. The number of nitrogens with zero attached hydrogens (tertiary/aromatic N) is 1. The number of pyridine rings is 1. The number of nitrogen functional groups attached to an aromatic ring is 1. The van der Waals surface area contributed by atoms with E-state index in [1.807, 2.05) is 6.92 Å². The highest BCUT2D eigenvalue weighted by Crippen LogP contribution is 2.15. The van der Waals surface area contributed by atoms with E-state index >= 15 is 0 Å². The first-order chi connectivity index (χ1) is 9.04. The van der Waals surface area contributed by atoms with Crippen LogP contribution >= 0.6 is 0 Å². The molecule has 1 rings (SSSR count). The Labute approximate surface area is 111 Å². The zero-order valence-electron chi connectivity index (χ0n) is 10.8. The van der Waals surface area contributed by atoms with E-state index in [-0.39, 0.29) is 29.4 Å². The van der Waals surface area contributed by atoms with E-state index in [4.69, 9.17) is 10.8 Å². The quantitative estimate of drug-likeness (QED) is 0.577. The van der Waals surface area contributed by atoms with Gasteiger partial charge in [0.1, 0.15) is 11.4 Å². The predicted molar refractivity (Wildman–Crippen MR) is 72.0 cm³/mol. The minimum Gasteiger partial charge on any atom is -0.478 e. The van der Waals surface area contributed by atoms with Gasteiger partial charge in [-0.1, -0.05) is 6.92 Å². The monoisotopic (exact) mass is 266 g/mol. The molecule has 19 heavy (non-hydrogen) atoms. The number of nitrogens with one attached hydrogen (secondary N) is 2. The van der Waals surface area contributed by atoms with Gasteiger partial charge in [0.05, 0.1) is 11.9 Å². The van der Waals surface area contributed by atoms with Crippen LogP contribution in [0.25, 0.3) is 0 Å². The number of rotatable bonds is 7. The fourth-order valence-electron chi connectivity index (χ4n) is 1.43. The molecule has 7 nitrogen and oxygen atoms in total. The van der Waals surface area contributed by atoms with Crippen LogP contribution in [0.4, 0.5) is 11.5 Å². The topological polar surface area (TPSA) is 117 Å². The minimum atomic E-state index is -1.11. The normalized spacial score (nSPS) is 9.95. The third kappa shape index (κ3) is 4.82. The highest BCUT2D eigenvalue weighted by molar-refractivity contribution is 5.94. The van der Waals surface area contributed by atoms with Crippen LogP contribution in [0.3, 0.4) is 0 Å². The molecule has 0 saturated heterocycles. The molecule has 0 aliphatic heterocycles. The first kappa shape index (κ1) is 14.7. The molecule has 0 bridgehead atoms.